The molecule has 3 rings (SSSR count). The molecule has 0 bridgehead atoms. The second-order valence-corrected chi connectivity index (χ2v) is 7.83. The van der Waals surface area contributed by atoms with Crippen molar-refractivity contribution in [3.63, 3.8) is 0 Å². The Kier molecular flexibility index (Phi) is 6.86. The third kappa shape index (κ3) is 5.34. The lowest BCUT2D eigenvalue weighted by Crippen LogP contribution is -2.48. The lowest BCUT2D eigenvalue weighted by Gasteiger charge is -2.19. The van der Waals surface area contributed by atoms with Gasteiger partial charge >= 0.3 is 5.97 Å². The molecule has 1 fully saturated rings. The number of aliphatic carboxylic acids is 1. The summed E-state index contributed by atoms with van der Waals surface area (Å²) in [5.74, 6) is -2.16. The first-order chi connectivity index (χ1) is 14.0. The van der Waals surface area contributed by atoms with Crippen LogP contribution in [0.25, 0.3) is 10.8 Å². The third-order valence-electron chi connectivity index (χ3n) is 5.70. The number of carbonyl (C=O) groups is 3. The smallest absolute Gasteiger partial charge is 0.308 e. The lowest BCUT2D eigenvalue weighted by atomic mass is 9.94. The van der Waals surface area contributed by atoms with Crippen LogP contribution in [-0.4, -0.2) is 35.5 Å². The zero-order valence-electron chi connectivity index (χ0n) is 16.7. The average molecular weight is 396 g/mol. The maximum atomic E-state index is 12.4. The van der Waals surface area contributed by atoms with Gasteiger partial charge in [-0.05, 0) is 42.5 Å². The van der Waals surface area contributed by atoms with Gasteiger partial charge in [0.15, 0.2) is 0 Å². The van der Waals surface area contributed by atoms with Crippen LogP contribution in [0.15, 0.2) is 42.5 Å². The molecular formula is C23H28N2O4. The molecule has 29 heavy (non-hydrogen) atoms. The second kappa shape index (κ2) is 9.54. The maximum Gasteiger partial charge on any atom is 0.308 e. The van der Waals surface area contributed by atoms with Gasteiger partial charge in [-0.25, -0.2) is 0 Å². The van der Waals surface area contributed by atoms with Crippen LogP contribution < -0.4 is 10.6 Å². The van der Waals surface area contributed by atoms with Crippen LogP contribution in [0.5, 0.6) is 0 Å². The maximum absolute atomic E-state index is 12.4. The van der Waals surface area contributed by atoms with E-state index in [1.54, 1.807) is 6.92 Å². The molecular weight excluding hydrogens is 368 g/mol. The number of amides is 2. The number of benzene rings is 2. The van der Waals surface area contributed by atoms with Gasteiger partial charge in [-0.3, -0.25) is 14.4 Å². The van der Waals surface area contributed by atoms with Crippen LogP contribution in [0.2, 0.25) is 0 Å². The molecule has 3 N–H and O–H groups in total. The van der Waals surface area contributed by atoms with Crippen molar-refractivity contribution in [2.24, 2.45) is 11.8 Å². The largest absolute Gasteiger partial charge is 0.481 e. The van der Waals surface area contributed by atoms with E-state index in [-0.39, 0.29) is 24.3 Å². The van der Waals surface area contributed by atoms with Gasteiger partial charge < -0.3 is 15.7 Å². The predicted octanol–water partition coefficient (Wildman–Crippen LogP) is 2.89. The molecule has 0 spiro atoms. The number of fused-ring (bicyclic) bond motifs is 1. The van der Waals surface area contributed by atoms with Crippen molar-refractivity contribution in [3.05, 3.63) is 48.0 Å². The van der Waals surface area contributed by atoms with Gasteiger partial charge in [-0.1, -0.05) is 55.3 Å². The summed E-state index contributed by atoms with van der Waals surface area (Å²) in [6.45, 7) is 1.64. The highest BCUT2D eigenvalue weighted by Gasteiger charge is 2.26. The van der Waals surface area contributed by atoms with E-state index in [0.717, 1.165) is 42.0 Å². The Morgan fingerprint density at radius 1 is 1.07 bits per heavy atom. The van der Waals surface area contributed by atoms with E-state index in [0.29, 0.717) is 6.42 Å². The fourth-order valence-electron chi connectivity index (χ4n) is 3.94. The summed E-state index contributed by atoms with van der Waals surface area (Å²) in [5, 5.41) is 17.1. The topological polar surface area (TPSA) is 95.5 Å². The molecule has 1 aliphatic carbocycles. The first-order valence-corrected chi connectivity index (χ1v) is 10.2. The molecule has 1 aliphatic rings. The fourth-order valence-corrected chi connectivity index (χ4v) is 3.94. The number of carbonyl (C=O) groups excluding carboxylic acids is 2. The number of hydrogen-bond acceptors (Lipinski definition) is 3. The minimum Gasteiger partial charge on any atom is -0.481 e. The molecule has 0 saturated heterocycles. The van der Waals surface area contributed by atoms with Crippen molar-refractivity contribution in [2.75, 3.05) is 6.54 Å². The number of carboxylic acids is 1. The van der Waals surface area contributed by atoms with Gasteiger partial charge in [0.05, 0.1) is 5.92 Å². The summed E-state index contributed by atoms with van der Waals surface area (Å²) >= 11 is 0. The molecule has 2 aromatic rings. The highest BCUT2D eigenvalue weighted by atomic mass is 16.4. The molecule has 0 heterocycles. The zero-order valence-corrected chi connectivity index (χ0v) is 16.7. The Morgan fingerprint density at radius 2 is 1.76 bits per heavy atom. The second-order valence-electron chi connectivity index (χ2n) is 7.83. The van der Waals surface area contributed by atoms with Crippen molar-refractivity contribution in [2.45, 2.75) is 45.1 Å². The molecule has 2 amide bonds. The molecule has 0 aromatic heterocycles. The van der Waals surface area contributed by atoms with Gasteiger partial charge in [0.25, 0.3) is 0 Å². The van der Waals surface area contributed by atoms with E-state index >= 15 is 0 Å². The van der Waals surface area contributed by atoms with E-state index in [2.05, 4.69) is 10.6 Å². The van der Waals surface area contributed by atoms with Crippen LogP contribution in [0.1, 0.15) is 38.2 Å². The Hall–Kier alpha value is -2.89. The van der Waals surface area contributed by atoms with Crippen molar-refractivity contribution in [1.82, 2.24) is 10.6 Å². The van der Waals surface area contributed by atoms with E-state index < -0.39 is 17.9 Å². The minimum absolute atomic E-state index is 0.0108. The summed E-state index contributed by atoms with van der Waals surface area (Å²) in [7, 11) is 0. The van der Waals surface area contributed by atoms with Gasteiger partial charge in [0.2, 0.25) is 11.8 Å². The van der Waals surface area contributed by atoms with E-state index in [9.17, 15) is 19.5 Å². The minimum atomic E-state index is -0.958. The summed E-state index contributed by atoms with van der Waals surface area (Å²) in [4.78, 5) is 36.3. The van der Waals surface area contributed by atoms with Crippen molar-refractivity contribution < 1.29 is 19.5 Å². The van der Waals surface area contributed by atoms with Crippen LogP contribution in [-0.2, 0) is 20.8 Å². The van der Waals surface area contributed by atoms with Gasteiger partial charge in [0.1, 0.15) is 6.04 Å². The van der Waals surface area contributed by atoms with Crippen LogP contribution in [0.4, 0.5) is 0 Å². The molecule has 2 atom stereocenters. The third-order valence-corrected chi connectivity index (χ3v) is 5.70. The molecule has 6 heteroatoms. The van der Waals surface area contributed by atoms with E-state index in [4.69, 9.17) is 0 Å². The van der Waals surface area contributed by atoms with Crippen molar-refractivity contribution >= 4 is 28.6 Å². The molecule has 6 nitrogen and oxygen atoms in total. The zero-order chi connectivity index (χ0) is 20.8. The number of rotatable bonds is 8. The molecule has 2 aromatic carbocycles. The predicted molar refractivity (Wildman–Crippen MR) is 111 cm³/mol. The summed E-state index contributed by atoms with van der Waals surface area (Å²) in [6.07, 6.45) is 4.15. The van der Waals surface area contributed by atoms with Gasteiger partial charge in [0, 0.05) is 12.5 Å². The SMILES string of the molecule is CC(NC(=O)C1CCCC1)C(=O)NCC(Cc1cccc2ccccc12)C(=O)O. The highest BCUT2D eigenvalue weighted by molar-refractivity contribution is 5.89. The van der Waals surface area contributed by atoms with Crippen molar-refractivity contribution in [3.8, 4) is 0 Å². The molecule has 1 saturated carbocycles. The number of carboxylic acid groups (broad SMARTS) is 1. The normalized spacial score (nSPS) is 16.3. The van der Waals surface area contributed by atoms with E-state index in [1.807, 2.05) is 42.5 Å². The van der Waals surface area contributed by atoms with Gasteiger partial charge in [-0.2, -0.15) is 0 Å². The Balaban J connectivity index is 1.58. The van der Waals surface area contributed by atoms with Crippen LogP contribution >= 0.6 is 0 Å². The molecule has 0 aliphatic heterocycles. The Morgan fingerprint density at radius 3 is 2.48 bits per heavy atom. The summed E-state index contributed by atoms with van der Waals surface area (Å²) < 4.78 is 0. The Bertz CT molecular complexity index is 884. The molecule has 2 unspecified atom stereocenters. The number of nitrogens with one attached hydrogen (secondary N) is 2. The Labute approximate surface area is 170 Å². The lowest BCUT2D eigenvalue weighted by molar-refractivity contribution is -0.141. The summed E-state index contributed by atoms with van der Waals surface area (Å²) in [5.41, 5.74) is 0.937. The van der Waals surface area contributed by atoms with Gasteiger partial charge in [-0.15, -0.1) is 0 Å². The standard InChI is InChI=1S/C23H28N2O4/c1-15(25-22(27)17-8-2-3-9-17)21(26)24-14-19(23(28)29)13-18-11-6-10-16-7-4-5-12-20(16)18/h4-7,10-12,15,17,19H,2-3,8-9,13-14H2,1H3,(H,24,26)(H,25,27)(H,28,29). The first-order valence-electron chi connectivity index (χ1n) is 10.2. The number of hydrogen-bond donors (Lipinski definition) is 3. The van der Waals surface area contributed by atoms with Crippen molar-refractivity contribution in [1.29, 1.82) is 0 Å². The molecule has 154 valence electrons. The van der Waals surface area contributed by atoms with Crippen LogP contribution in [0.3, 0.4) is 0 Å². The summed E-state index contributed by atoms with van der Waals surface area (Å²) in [6, 6.07) is 13.0. The fraction of sp³-hybridized carbons (Fsp3) is 0.435. The highest BCUT2D eigenvalue weighted by Crippen LogP contribution is 2.25. The quantitative estimate of drug-likeness (QED) is 0.639. The van der Waals surface area contributed by atoms with Crippen LogP contribution in [0, 0.1) is 11.8 Å². The monoisotopic (exact) mass is 396 g/mol. The molecule has 0 radical (unpaired) electrons. The first kappa shape index (κ1) is 20.8. The average Bonchev–Trinajstić information content (AvgIpc) is 3.25. The van der Waals surface area contributed by atoms with E-state index in [1.165, 1.54) is 0 Å².